The highest BCUT2D eigenvalue weighted by atomic mass is 32.2. The van der Waals surface area contributed by atoms with Gasteiger partial charge in [0.15, 0.2) is 11.6 Å². The van der Waals surface area contributed by atoms with E-state index in [-0.39, 0.29) is 0 Å². The largest absolute Gasteiger partial charge is 0.422 e. The Hall–Kier alpha value is -1.13. The summed E-state index contributed by atoms with van der Waals surface area (Å²) in [6, 6.07) is 0. The maximum absolute atomic E-state index is 13.4. The number of rotatable bonds is 0. The van der Waals surface area contributed by atoms with Gasteiger partial charge in [-0.3, -0.25) is 0 Å². The van der Waals surface area contributed by atoms with Crippen LogP contribution in [0.3, 0.4) is 0 Å². The molecule has 0 spiro atoms. The normalized spacial score (nSPS) is 20.1. The zero-order valence-corrected chi connectivity index (χ0v) is 9.50. The molecule has 0 N–H and O–H groups in total. The lowest BCUT2D eigenvalue weighted by Gasteiger charge is -2.19. The van der Waals surface area contributed by atoms with Gasteiger partial charge in [-0.2, -0.15) is 30.7 Å². The highest BCUT2D eigenvalue weighted by Gasteiger charge is 2.67. The molecule has 0 bridgehead atoms. The number of benzene rings is 1. The third-order valence-electron chi connectivity index (χ3n) is 2.47. The Kier molecular flexibility index (Phi) is 3.02. The maximum atomic E-state index is 13.4. The molecule has 0 saturated heterocycles. The fourth-order valence-electron chi connectivity index (χ4n) is 1.60. The van der Waals surface area contributed by atoms with Crippen LogP contribution in [-0.4, -0.2) is 5.25 Å². The Morgan fingerprint density at radius 1 is 0.800 bits per heavy atom. The molecule has 1 aromatic rings. The van der Waals surface area contributed by atoms with Crippen molar-refractivity contribution < 1.29 is 43.9 Å². The molecule has 112 valence electrons. The predicted molar refractivity (Wildman–Crippen MR) is 46.0 cm³/mol. The quantitative estimate of drug-likeness (QED) is 0.481. The van der Waals surface area contributed by atoms with E-state index in [1.807, 2.05) is 0 Å². The molecule has 1 heterocycles. The van der Waals surface area contributed by atoms with Crippen LogP contribution in [0.25, 0.3) is 0 Å². The fraction of sp³-hybridized carbons (Fsp3) is 0.333. The second-order valence-electron chi connectivity index (χ2n) is 3.71. The first-order valence-corrected chi connectivity index (χ1v) is 5.36. The number of fused-ring (bicyclic) bond motifs is 1. The van der Waals surface area contributed by atoms with Gasteiger partial charge in [0.25, 0.3) is 0 Å². The predicted octanol–water partition coefficient (Wildman–Crippen LogP) is 4.91. The molecule has 0 unspecified atom stereocenters. The van der Waals surface area contributed by atoms with Crippen LogP contribution in [0.4, 0.5) is 43.9 Å². The molecular formula is C9F10S. The highest BCUT2D eigenvalue weighted by Crippen LogP contribution is 2.62. The van der Waals surface area contributed by atoms with Crippen molar-refractivity contribution in [2.45, 2.75) is 22.2 Å². The SMILES string of the molecule is Fc1c(F)c(C(F)(F)F)c(F)c2c1SC(F)(F)C2(F)F. The smallest absolute Gasteiger partial charge is 0.206 e. The molecule has 0 fully saturated rings. The zero-order valence-electron chi connectivity index (χ0n) is 8.69. The molecule has 0 nitrogen and oxygen atoms in total. The van der Waals surface area contributed by atoms with Crippen LogP contribution in [0.15, 0.2) is 4.90 Å². The molecule has 0 amide bonds. The summed E-state index contributed by atoms with van der Waals surface area (Å²) in [6.07, 6.45) is -5.86. The van der Waals surface area contributed by atoms with Gasteiger partial charge in [-0.25, -0.2) is 13.2 Å². The highest BCUT2D eigenvalue weighted by molar-refractivity contribution is 8.00. The van der Waals surface area contributed by atoms with Crippen LogP contribution in [0.5, 0.6) is 0 Å². The van der Waals surface area contributed by atoms with Crippen LogP contribution in [-0.2, 0) is 12.1 Å². The maximum Gasteiger partial charge on any atom is 0.422 e. The van der Waals surface area contributed by atoms with Crippen LogP contribution < -0.4 is 0 Å². The van der Waals surface area contributed by atoms with E-state index in [9.17, 15) is 43.9 Å². The minimum atomic E-state index is -5.86. The minimum absolute atomic E-state index is 1.23. The van der Waals surface area contributed by atoms with Gasteiger partial charge in [0.05, 0.1) is 10.5 Å². The Morgan fingerprint density at radius 3 is 1.75 bits per heavy atom. The first kappa shape index (κ1) is 15.3. The van der Waals surface area contributed by atoms with Crippen molar-refractivity contribution in [1.29, 1.82) is 0 Å². The number of hydrogen-bond donors (Lipinski definition) is 0. The number of alkyl halides is 7. The molecule has 1 aliphatic rings. The topological polar surface area (TPSA) is 0 Å². The molecule has 0 aromatic heterocycles. The Morgan fingerprint density at radius 2 is 1.30 bits per heavy atom. The average Bonchev–Trinajstić information content (AvgIpc) is 2.41. The van der Waals surface area contributed by atoms with Crippen molar-refractivity contribution >= 4 is 11.8 Å². The van der Waals surface area contributed by atoms with Gasteiger partial charge in [-0.1, -0.05) is 0 Å². The van der Waals surface area contributed by atoms with Crippen molar-refractivity contribution in [2.75, 3.05) is 0 Å². The van der Waals surface area contributed by atoms with E-state index in [0.29, 0.717) is 0 Å². The van der Waals surface area contributed by atoms with E-state index < -0.39 is 62.6 Å². The average molecular weight is 330 g/mol. The molecule has 0 radical (unpaired) electrons. The monoisotopic (exact) mass is 330 g/mol. The first-order chi connectivity index (χ1) is 8.82. The molecule has 2 rings (SSSR count). The molecular weight excluding hydrogens is 330 g/mol. The molecule has 1 aliphatic heterocycles. The number of thioether (sulfide) groups is 1. The Bertz CT molecular complexity index is 588. The van der Waals surface area contributed by atoms with Crippen LogP contribution in [0.2, 0.25) is 0 Å². The lowest BCUT2D eigenvalue weighted by molar-refractivity contribution is -0.159. The molecule has 0 saturated carbocycles. The van der Waals surface area contributed by atoms with Gasteiger partial charge >= 0.3 is 17.4 Å². The summed E-state index contributed by atoms with van der Waals surface area (Å²) in [5, 5.41) is -5.09. The third kappa shape index (κ3) is 1.78. The van der Waals surface area contributed by atoms with Gasteiger partial charge in [0.2, 0.25) is 0 Å². The van der Waals surface area contributed by atoms with Crippen LogP contribution >= 0.6 is 11.8 Å². The van der Waals surface area contributed by atoms with E-state index in [0.717, 1.165) is 0 Å². The lowest BCUT2D eigenvalue weighted by Crippen LogP contribution is -2.31. The van der Waals surface area contributed by atoms with Crippen molar-refractivity contribution in [3.05, 3.63) is 28.6 Å². The van der Waals surface area contributed by atoms with E-state index in [4.69, 9.17) is 0 Å². The summed E-state index contributed by atoms with van der Waals surface area (Å²) >= 11 is -1.23. The van der Waals surface area contributed by atoms with Gasteiger partial charge in [-0.05, 0) is 11.8 Å². The van der Waals surface area contributed by atoms with Gasteiger partial charge in [0.1, 0.15) is 11.4 Å². The Labute approximate surface area is 107 Å². The molecule has 0 atom stereocenters. The molecule has 1 aromatic carbocycles. The van der Waals surface area contributed by atoms with Gasteiger partial charge in [-0.15, -0.1) is 0 Å². The Balaban J connectivity index is 2.90. The van der Waals surface area contributed by atoms with Crippen molar-refractivity contribution in [1.82, 2.24) is 0 Å². The minimum Gasteiger partial charge on any atom is -0.206 e. The summed E-state index contributed by atoms with van der Waals surface area (Å²) in [5.74, 6) is -13.8. The summed E-state index contributed by atoms with van der Waals surface area (Å²) in [6.45, 7) is 0. The summed E-state index contributed by atoms with van der Waals surface area (Å²) < 4.78 is 129. The van der Waals surface area contributed by atoms with Crippen LogP contribution in [0, 0.1) is 17.5 Å². The zero-order chi connectivity index (χ0) is 15.7. The summed E-state index contributed by atoms with van der Waals surface area (Å²) in [5.41, 5.74) is -5.45. The number of hydrogen-bond acceptors (Lipinski definition) is 1. The summed E-state index contributed by atoms with van der Waals surface area (Å²) in [4.78, 5) is -1.87. The van der Waals surface area contributed by atoms with E-state index in [2.05, 4.69) is 0 Å². The number of halogens is 10. The van der Waals surface area contributed by atoms with Gasteiger partial charge in [0, 0.05) is 0 Å². The van der Waals surface area contributed by atoms with E-state index in [1.54, 1.807) is 0 Å². The van der Waals surface area contributed by atoms with Crippen molar-refractivity contribution in [2.24, 2.45) is 0 Å². The van der Waals surface area contributed by atoms with Gasteiger partial charge < -0.3 is 0 Å². The standard InChI is InChI=1S/C9F10S/c10-3-1(8(15,16)17)4(11)5(12)6-2(3)7(13,14)9(18,19)20-6. The lowest BCUT2D eigenvalue weighted by atomic mass is 10.0. The fourth-order valence-corrected chi connectivity index (χ4v) is 2.59. The molecule has 11 heteroatoms. The third-order valence-corrected chi connectivity index (χ3v) is 3.57. The second kappa shape index (κ2) is 3.95. The molecule has 0 aliphatic carbocycles. The van der Waals surface area contributed by atoms with E-state index in [1.165, 1.54) is 0 Å². The summed E-state index contributed by atoms with van der Waals surface area (Å²) in [7, 11) is 0. The van der Waals surface area contributed by atoms with Crippen molar-refractivity contribution in [3.8, 4) is 0 Å². The first-order valence-electron chi connectivity index (χ1n) is 4.55. The van der Waals surface area contributed by atoms with Crippen molar-refractivity contribution in [3.63, 3.8) is 0 Å². The van der Waals surface area contributed by atoms with Crippen LogP contribution in [0.1, 0.15) is 11.1 Å². The van der Waals surface area contributed by atoms with E-state index >= 15 is 0 Å². The molecule has 20 heavy (non-hydrogen) atoms. The second-order valence-corrected chi connectivity index (χ2v) is 4.84.